The van der Waals surface area contributed by atoms with Gasteiger partial charge in [-0.2, -0.15) is 13.2 Å². The van der Waals surface area contributed by atoms with E-state index in [0.717, 1.165) is 6.07 Å². The molecule has 0 saturated heterocycles. The zero-order chi connectivity index (χ0) is 11.3. The molecule has 0 bridgehead atoms. The van der Waals surface area contributed by atoms with Crippen LogP contribution < -0.4 is 5.73 Å². The molecule has 4 heteroatoms. The van der Waals surface area contributed by atoms with Gasteiger partial charge in [0, 0.05) is 5.54 Å². The second-order valence-corrected chi connectivity index (χ2v) is 4.15. The van der Waals surface area contributed by atoms with E-state index in [2.05, 4.69) is 0 Å². The SMILES string of the molecule is Cc1cccc(C(F)(F)F)c1C1(N)CC1. The minimum atomic E-state index is -4.31. The average Bonchev–Trinajstić information content (AvgIpc) is 2.82. The Morgan fingerprint density at radius 2 is 1.87 bits per heavy atom. The van der Waals surface area contributed by atoms with Gasteiger partial charge < -0.3 is 5.73 Å². The third kappa shape index (κ3) is 1.74. The Labute approximate surface area is 86.1 Å². The third-order valence-corrected chi connectivity index (χ3v) is 2.86. The minimum Gasteiger partial charge on any atom is -0.321 e. The van der Waals surface area contributed by atoms with Crippen LogP contribution in [0.25, 0.3) is 0 Å². The topological polar surface area (TPSA) is 26.0 Å². The molecule has 1 aliphatic rings. The Morgan fingerprint density at radius 1 is 1.27 bits per heavy atom. The molecule has 0 radical (unpaired) electrons. The van der Waals surface area contributed by atoms with Gasteiger partial charge in [0.25, 0.3) is 0 Å². The van der Waals surface area contributed by atoms with Crippen molar-refractivity contribution in [1.29, 1.82) is 0 Å². The molecular formula is C11H12F3N. The monoisotopic (exact) mass is 215 g/mol. The summed E-state index contributed by atoms with van der Waals surface area (Å²) in [6, 6.07) is 4.21. The fourth-order valence-corrected chi connectivity index (χ4v) is 1.95. The van der Waals surface area contributed by atoms with Gasteiger partial charge in [-0.3, -0.25) is 0 Å². The van der Waals surface area contributed by atoms with E-state index in [1.54, 1.807) is 13.0 Å². The van der Waals surface area contributed by atoms with E-state index in [-0.39, 0.29) is 5.56 Å². The number of hydrogen-bond acceptors (Lipinski definition) is 1. The molecular weight excluding hydrogens is 203 g/mol. The number of halogens is 3. The molecule has 15 heavy (non-hydrogen) atoms. The highest BCUT2D eigenvalue weighted by atomic mass is 19.4. The molecule has 0 aliphatic heterocycles. The fraction of sp³-hybridized carbons (Fsp3) is 0.455. The van der Waals surface area contributed by atoms with Gasteiger partial charge in [-0.15, -0.1) is 0 Å². The molecule has 0 spiro atoms. The lowest BCUT2D eigenvalue weighted by atomic mass is 9.94. The second-order valence-electron chi connectivity index (χ2n) is 4.15. The summed E-state index contributed by atoms with van der Waals surface area (Å²) < 4.78 is 38.2. The average molecular weight is 215 g/mol. The first-order valence-corrected chi connectivity index (χ1v) is 4.81. The Morgan fingerprint density at radius 3 is 2.33 bits per heavy atom. The van der Waals surface area contributed by atoms with Crippen LogP contribution in [0.5, 0.6) is 0 Å². The fourth-order valence-electron chi connectivity index (χ4n) is 1.95. The number of nitrogens with two attached hydrogens (primary N) is 1. The van der Waals surface area contributed by atoms with Gasteiger partial charge in [-0.1, -0.05) is 12.1 Å². The molecule has 1 saturated carbocycles. The summed E-state index contributed by atoms with van der Waals surface area (Å²) in [6.07, 6.45) is -3.03. The second kappa shape index (κ2) is 2.98. The quantitative estimate of drug-likeness (QED) is 0.765. The van der Waals surface area contributed by atoms with Crippen molar-refractivity contribution in [3.63, 3.8) is 0 Å². The van der Waals surface area contributed by atoms with Crippen molar-refractivity contribution in [2.45, 2.75) is 31.5 Å². The summed E-state index contributed by atoms with van der Waals surface area (Å²) in [5.74, 6) is 0. The van der Waals surface area contributed by atoms with Crippen LogP contribution in [0.15, 0.2) is 18.2 Å². The smallest absolute Gasteiger partial charge is 0.321 e. The molecule has 1 nitrogen and oxygen atoms in total. The molecule has 1 aromatic rings. The Kier molecular flexibility index (Phi) is 2.08. The van der Waals surface area contributed by atoms with Crippen molar-refractivity contribution in [2.24, 2.45) is 5.73 Å². The summed E-state index contributed by atoms with van der Waals surface area (Å²) in [6.45, 7) is 1.68. The van der Waals surface area contributed by atoms with Crippen molar-refractivity contribution in [2.75, 3.05) is 0 Å². The zero-order valence-electron chi connectivity index (χ0n) is 8.36. The molecule has 2 rings (SSSR count). The summed E-state index contributed by atoms with van der Waals surface area (Å²) >= 11 is 0. The highest BCUT2D eigenvalue weighted by molar-refractivity contribution is 5.44. The lowest BCUT2D eigenvalue weighted by Crippen LogP contribution is -2.25. The van der Waals surface area contributed by atoms with Crippen LogP contribution in [0.4, 0.5) is 13.2 Å². The molecule has 82 valence electrons. The maximum Gasteiger partial charge on any atom is 0.416 e. The molecule has 0 unspecified atom stereocenters. The molecule has 0 atom stereocenters. The van der Waals surface area contributed by atoms with Gasteiger partial charge in [-0.25, -0.2) is 0 Å². The van der Waals surface area contributed by atoms with E-state index in [0.29, 0.717) is 18.4 Å². The van der Waals surface area contributed by atoms with Crippen LogP contribution in [-0.2, 0) is 11.7 Å². The number of alkyl halides is 3. The normalized spacial score (nSPS) is 19.0. The van der Waals surface area contributed by atoms with Crippen LogP contribution in [0, 0.1) is 6.92 Å². The van der Waals surface area contributed by atoms with Crippen molar-refractivity contribution < 1.29 is 13.2 Å². The summed E-state index contributed by atoms with van der Waals surface area (Å²) in [5, 5.41) is 0. The Hall–Kier alpha value is -1.03. The third-order valence-electron chi connectivity index (χ3n) is 2.86. The Balaban J connectivity index is 2.60. The summed E-state index contributed by atoms with van der Waals surface area (Å²) in [5.41, 5.74) is 5.45. The zero-order valence-corrected chi connectivity index (χ0v) is 8.36. The maximum atomic E-state index is 12.7. The summed E-state index contributed by atoms with van der Waals surface area (Å²) in [7, 11) is 0. The summed E-state index contributed by atoms with van der Waals surface area (Å²) in [4.78, 5) is 0. The number of hydrogen-bond donors (Lipinski definition) is 1. The van der Waals surface area contributed by atoms with E-state index in [1.165, 1.54) is 6.07 Å². The predicted octanol–water partition coefficient (Wildman–Crippen LogP) is 2.96. The van der Waals surface area contributed by atoms with Gasteiger partial charge in [0.15, 0.2) is 0 Å². The Bertz CT molecular complexity index is 391. The van der Waals surface area contributed by atoms with E-state index in [9.17, 15) is 13.2 Å². The van der Waals surface area contributed by atoms with Gasteiger partial charge in [0.2, 0.25) is 0 Å². The molecule has 0 heterocycles. The van der Waals surface area contributed by atoms with E-state index in [1.807, 2.05) is 0 Å². The van der Waals surface area contributed by atoms with Crippen molar-refractivity contribution in [1.82, 2.24) is 0 Å². The lowest BCUT2D eigenvalue weighted by Gasteiger charge is -2.19. The minimum absolute atomic E-state index is 0.275. The van der Waals surface area contributed by atoms with Gasteiger partial charge in [-0.05, 0) is 37.0 Å². The first-order chi connectivity index (χ1) is 6.84. The standard InChI is InChI=1S/C11H12F3N/c1-7-3-2-4-8(11(12,13)14)9(7)10(15)5-6-10/h2-4H,5-6,15H2,1H3. The number of benzene rings is 1. The highest BCUT2D eigenvalue weighted by Crippen LogP contribution is 2.48. The van der Waals surface area contributed by atoms with E-state index in [4.69, 9.17) is 5.73 Å². The number of aryl methyl sites for hydroxylation is 1. The maximum absolute atomic E-state index is 12.7. The van der Waals surface area contributed by atoms with E-state index < -0.39 is 17.3 Å². The molecule has 1 aliphatic carbocycles. The van der Waals surface area contributed by atoms with Gasteiger partial charge in [0.1, 0.15) is 0 Å². The van der Waals surface area contributed by atoms with Gasteiger partial charge in [0.05, 0.1) is 5.56 Å². The van der Waals surface area contributed by atoms with E-state index >= 15 is 0 Å². The first kappa shape index (κ1) is 10.5. The van der Waals surface area contributed by atoms with Crippen LogP contribution in [-0.4, -0.2) is 0 Å². The van der Waals surface area contributed by atoms with Crippen LogP contribution >= 0.6 is 0 Å². The number of rotatable bonds is 1. The molecule has 2 N–H and O–H groups in total. The lowest BCUT2D eigenvalue weighted by molar-refractivity contribution is -0.138. The first-order valence-electron chi connectivity index (χ1n) is 4.81. The molecule has 0 amide bonds. The predicted molar refractivity (Wildman–Crippen MR) is 51.3 cm³/mol. The van der Waals surface area contributed by atoms with Crippen molar-refractivity contribution >= 4 is 0 Å². The molecule has 1 aromatic carbocycles. The largest absolute Gasteiger partial charge is 0.416 e. The van der Waals surface area contributed by atoms with Crippen LogP contribution in [0.1, 0.15) is 29.5 Å². The van der Waals surface area contributed by atoms with Crippen molar-refractivity contribution in [3.8, 4) is 0 Å². The van der Waals surface area contributed by atoms with Crippen LogP contribution in [0.2, 0.25) is 0 Å². The van der Waals surface area contributed by atoms with Crippen LogP contribution in [0.3, 0.4) is 0 Å². The van der Waals surface area contributed by atoms with Gasteiger partial charge >= 0.3 is 6.18 Å². The highest BCUT2D eigenvalue weighted by Gasteiger charge is 2.47. The molecule has 0 aromatic heterocycles. The molecule has 1 fully saturated rings. The van der Waals surface area contributed by atoms with Crippen molar-refractivity contribution in [3.05, 3.63) is 34.9 Å².